The van der Waals surface area contributed by atoms with Crippen LogP contribution in [0.25, 0.3) is 0 Å². The molecule has 1 saturated heterocycles. The Morgan fingerprint density at radius 2 is 2.00 bits per heavy atom. The molecule has 1 aliphatic heterocycles. The minimum Gasteiger partial charge on any atom is -0.383 e. The number of hydrogen-bond donors (Lipinski definition) is 1. The van der Waals surface area contributed by atoms with Crippen molar-refractivity contribution in [1.29, 1.82) is 0 Å². The summed E-state index contributed by atoms with van der Waals surface area (Å²) in [6.07, 6.45) is 8.35. The van der Waals surface area contributed by atoms with Gasteiger partial charge in [-0.3, -0.25) is 0 Å². The van der Waals surface area contributed by atoms with Gasteiger partial charge in [0.2, 0.25) is 0 Å². The maximum atomic E-state index is 6.09. The Morgan fingerprint density at radius 1 is 1.21 bits per heavy atom. The normalized spacial score (nSPS) is 26.8. The number of nitrogen functional groups attached to an aromatic ring is 1. The Bertz CT molecular complexity index is 457. The number of piperidine rings is 1. The van der Waals surface area contributed by atoms with E-state index < -0.39 is 0 Å². The van der Waals surface area contributed by atoms with Crippen LogP contribution in [-0.4, -0.2) is 22.6 Å². The zero-order chi connectivity index (χ0) is 13.4. The Kier molecular flexibility index (Phi) is 3.33. The third-order valence-electron chi connectivity index (χ3n) is 4.74. The minimum atomic E-state index is 0.373. The highest BCUT2D eigenvalue weighted by Crippen LogP contribution is 2.41. The molecule has 0 spiro atoms. The van der Waals surface area contributed by atoms with Crippen LogP contribution in [0, 0.1) is 5.92 Å². The fourth-order valence-corrected chi connectivity index (χ4v) is 3.90. The van der Waals surface area contributed by atoms with Crippen LogP contribution >= 0.6 is 0 Å². The largest absolute Gasteiger partial charge is 0.383 e. The Balaban J connectivity index is 1.99. The standard InChI is InChI=1S/C15H24N4/c1-10(2)13-14(16)17-9-18-15(13)19-8-4-6-11-5-3-7-12(11)19/h9-12H,3-8H2,1-2H3,(H2,16,17,18). The molecule has 2 fully saturated rings. The van der Waals surface area contributed by atoms with Gasteiger partial charge in [0.05, 0.1) is 0 Å². The molecule has 4 heteroatoms. The van der Waals surface area contributed by atoms with Crippen molar-refractivity contribution in [1.82, 2.24) is 9.97 Å². The van der Waals surface area contributed by atoms with Gasteiger partial charge in [-0.25, -0.2) is 9.97 Å². The van der Waals surface area contributed by atoms with Gasteiger partial charge in [0, 0.05) is 18.2 Å². The Morgan fingerprint density at radius 3 is 2.79 bits per heavy atom. The van der Waals surface area contributed by atoms with Crippen LogP contribution in [0.2, 0.25) is 0 Å². The van der Waals surface area contributed by atoms with Gasteiger partial charge in [-0.15, -0.1) is 0 Å². The highest BCUT2D eigenvalue weighted by atomic mass is 15.2. The van der Waals surface area contributed by atoms with Crippen LogP contribution in [0.15, 0.2) is 6.33 Å². The first-order chi connectivity index (χ1) is 9.18. The molecule has 1 aromatic heterocycles. The van der Waals surface area contributed by atoms with Crippen molar-refractivity contribution >= 4 is 11.6 Å². The van der Waals surface area contributed by atoms with Crippen molar-refractivity contribution in [2.45, 2.75) is 57.9 Å². The first kappa shape index (κ1) is 12.7. The summed E-state index contributed by atoms with van der Waals surface area (Å²) in [5.74, 6) is 2.99. The van der Waals surface area contributed by atoms with Gasteiger partial charge in [-0.05, 0) is 37.5 Å². The van der Waals surface area contributed by atoms with Gasteiger partial charge in [-0.1, -0.05) is 20.3 Å². The summed E-state index contributed by atoms with van der Waals surface area (Å²) in [5.41, 5.74) is 7.22. The van der Waals surface area contributed by atoms with E-state index in [9.17, 15) is 0 Å². The molecule has 4 nitrogen and oxygen atoms in total. The molecular weight excluding hydrogens is 236 g/mol. The van der Waals surface area contributed by atoms with Gasteiger partial charge in [-0.2, -0.15) is 0 Å². The molecule has 0 bridgehead atoms. The lowest BCUT2D eigenvalue weighted by molar-refractivity contribution is 0.359. The first-order valence-electron chi connectivity index (χ1n) is 7.55. The Labute approximate surface area is 115 Å². The van der Waals surface area contributed by atoms with Crippen molar-refractivity contribution in [3.63, 3.8) is 0 Å². The summed E-state index contributed by atoms with van der Waals surface area (Å²) >= 11 is 0. The molecule has 0 amide bonds. The Hall–Kier alpha value is -1.32. The molecular formula is C15H24N4. The van der Waals surface area contributed by atoms with Crippen molar-refractivity contribution in [3.05, 3.63) is 11.9 Å². The summed E-state index contributed by atoms with van der Waals surface area (Å²) in [6.45, 7) is 5.47. The predicted octanol–water partition coefficient (Wildman–Crippen LogP) is 2.95. The SMILES string of the molecule is CC(C)c1c(N)ncnc1N1CCCC2CCCC21. The van der Waals surface area contributed by atoms with Crippen molar-refractivity contribution in [3.8, 4) is 0 Å². The summed E-state index contributed by atoms with van der Waals surface area (Å²) in [7, 11) is 0. The lowest BCUT2D eigenvalue weighted by Gasteiger charge is -2.40. The highest BCUT2D eigenvalue weighted by molar-refractivity contribution is 5.59. The fourth-order valence-electron chi connectivity index (χ4n) is 3.90. The zero-order valence-corrected chi connectivity index (χ0v) is 12.0. The second kappa shape index (κ2) is 4.99. The lowest BCUT2D eigenvalue weighted by atomic mass is 9.91. The highest BCUT2D eigenvalue weighted by Gasteiger charge is 2.36. The van der Waals surface area contributed by atoms with E-state index in [-0.39, 0.29) is 0 Å². The number of anilines is 2. The average molecular weight is 260 g/mol. The molecule has 2 N–H and O–H groups in total. The quantitative estimate of drug-likeness (QED) is 0.888. The number of aromatic nitrogens is 2. The molecule has 2 atom stereocenters. The third-order valence-corrected chi connectivity index (χ3v) is 4.74. The van der Waals surface area contributed by atoms with Crippen LogP contribution in [0.4, 0.5) is 11.6 Å². The van der Waals surface area contributed by atoms with E-state index in [1.807, 2.05) is 0 Å². The molecule has 1 aliphatic carbocycles. The van der Waals surface area contributed by atoms with E-state index in [1.165, 1.54) is 32.1 Å². The van der Waals surface area contributed by atoms with Crippen LogP contribution < -0.4 is 10.6 Å². The van der Waals surface area contributed by atoms with Crippen molar-refractivity contribution < 1.29 is 0 Å². The monoisotopic (exact) mass is 260 g/mol. The van der Waals surface area contributed by atoms with E-state index in [4.69, 9.17) is 5.73 Å². The van der Waals surface area contributed by atoms with Gasteiger partial charge >= 0.3 is 0 Å². The zero-order valence-electron chi connectivity index (χ0n) is 12.0. The van der Waals surface area contributed by atoms with Gasteiger partial charge < -0.3 is 10.6 Å². The van der Waals surface area contributed by atoms with E-state index in [1.54, 1.807) is 6.33 Å². The van der Waals surface area contributed by atoms with E-state index in [0.717, 1.165) is 23.8 Å². The van der Waals surface area contributed by atoms with Gasteiger partial charge in [0.15, 0.2) is 0 Å². The van der Waals surface area contributed by atoms with Crippen LogP contribution in [0.3, 0.4) is 0 Å². The summed E-state index contributed by atoms with van der Waals surface area (Å²) in [4.78, 5) is 11.3. The van der Waals surface area contributed by atoms with Crippen molar-refractivity contribution in [2.75, 3.05) is 17.2 Å². The fraction of sp³-hybridized carbons (Fsp3) is 0.733. The molecule has 1 aromatic rings. The van der Waals surface area contributed by atoms with Crippen LogP contribution in [0.5, 0.6) is 0 Å². The maximum absolute atomic E-state index is 6.09. The number of nitrogens with two attached hydrogens (primary N) is 1. The smallest absolute Gasteiger partial charge is 0.137 e. The summed E-state index contributed by atoms with van der Waals surface area (Å²) in [5, 5.41) is 0. The van der Waals surface area contributed by atoms with E-state index >= 15 is 0 Å². The van der Waals surface area contributed by atoms with Crippen LogP contribution in [-0.2, 0) is 0 Å². The van der Waals surface area contributed by atoms with E-state index in [0.29, 0.717) is 17.8 Å². The molecule has 0 aromatic carbocycles. The molecule has 104 valence electrons. The average Bonchev–Trinajstić information content (AvgIpc) is 2.85. The maximum Gasteiger partial charge on any atom is 0.137 e. The minimum absolute atomic E-state index is 0.373. The number of nitrogens with zero attached hydrogens (tertiary/aromatic N) is 3. The number of hydrogen-bond acceptors (Lipinski definition) is 4. The first-order valence-corrected chi connectivity index (χ1v) is 7.55. The molecule has 2 aliphatic rings. The van der Waals surface area contributed by atoms with Crippen LogP contribution in [0.1, 0.15) is 57.4 Å². The number of fused-ring (bicyclic) bond motifs is 1. The summed E-state index contributed by atoms with van der Waals surface area (Å²) in [6, 6.07) is 0.681. The van der Waals surface area contributed by atoms with Gasteiger partial charge in [0.1, 0.15) is 18.0 Å². The van der Waals surface area contributed by atoms with E-state index in [2.05, 4.69) is 28.7 Å². The van der Waals surface area contributed by atoms with Crippen molar-refractivity contribution in [2.24, 2.45) is 5.92 Å². The molecule has 1 saturated carbocycles. The van der Waals surface area contributed by atoms with Gasteiger partial charge in [0.25, 0.3) is 0 Å². The number of rotatable bonds is 2. The molecule has 2 unspecified atom stereocenters. The molecule has 3 rings (SSSR count). The predicted molar refractivity (Wildman–Crippen MR) is 78.2 cm³/mol. The second-order valence-corrected chi connectivity index (χ2v) is 6.24. The summed E-state index contributed by atoms with van der Waals surface area (Å²) < 4.78 is 0. The lowest BCUT2D eigenvalue weighted by Crippen LogP contribution is -2.43. The topological polar surface area (TPSA) is 55.0 Å². The second-order valence-electron chi connectivity index (χ2n) is 6.24. The third kappa shape index (κ3) is 2.17. The molecule has 2 heterocycles. The molecule has 19 heavy (non-hydrogen) atoms. The molecule has 0 radical (unpaired) electrons.